The van der Waals surface area contributed by atoms with Crippen LogP contribution in [0.5, 0.6) is 0 Å². The zero-order chi connectivity index (χ0) is 18.2. The summed E-state index contributed by atoms with van der Waals surface area (Å²) in [4.78, 5) is 19.1. The molecular weight excluding hydrogens is 451 g/mol. The summed E-state index contributed by atoms with van der Waals surface area (Å²) in [5.41, 5.74) is 1.40. The Bertz CT molecular complexity index is 601. The highest BCUT2D eigenvalue weighted by atomic mass is 127. The minimum atomic E-state index is 0. The summed E-state index contributed by atoms with van der Waals surface area (Å²) in [7, 11) is 0. The lowest BCUT2D eigenvalue weighted by molar-refractivity contribution is -0.121. The van der Waals surface area contributed by atoms with Crippen LogP contribution in [0.15, 0.2) is 35.3 Å². The van der Waals surface area contributed by atoms with Crippen molar-refractivity contribution in [3.8, 4) is 0 Å². The largest absolute Gasteiger partial charge is 0.357 e. The van der Waals surface area contributed by atoms with Crippen molar-refractivity contribution >= 4 is 35.8 Å². The number of amides is 1. The number of nitrogens with one attached hydrogen (secondary N) is 2. The first kappa shape index (κ1) is 22.0. The van der Waals surface area contributed by atoms with Crippen LogP contribution in [-0.2, 0) is 4.79 Å². The second-order valence-corrected chi connectivity index (χ2v) is 7.38. The highest BCUT2D eigenvalue weighted by Gasteiger charge is 2.26. The minimum Gasteiger partial charge on any atom is -0.357 e. The molecule has 0 radical (unpaired) electrons. The van der Waals surface area contributed by atoms with Crippen LogP contribution >= 0.6 is 24.0 Å². The van der Waals surface area contributed by atoms with E-state index < -0.39 is 0 Å². The molecule has 2 fully saturated rings. The molecule has 1 aromatic carbocycles. The second kappa shape index (κ2) is 11.5. The van der Waals surface area contributed by atoms with Gasteiger partial charge in [0.05, 0.1) is 6.54 Å². The Morgan fingerprint density at radius 3 is 2.63 bits per heavy atom. The molecule has 1 aliphatic heterocycles. The van der Waals surface area contributed by atoms with Crippen LogP contribution in [0.3, 0.4) is 0 Å². The lowest BCUT2D eigenvalue weighted by Crippen LogP contribution is -2.40. The van der Waals surface area contributed by atoms with Crippen molar-refractivity contribution < 1.29 is 4.79 Å². The second-order valence-electron chi connectivity index (χ2n) is 7.38. The SMILES string of the molecule is CCNC(=NCCC(=O)NC1CCCC1)N1CCC(c2ccccc2)C1.I. The number of carbonyl (C=O) groups is 1. The average molecular weight is 484 g/mol. The van der Waals surface area contributed by atoms with E-state index in [1.165, 1.54) is 18.4 Å². The lowest BCUT2D eigenvalue weighted by atomic mass is 9.99. The van der Waals surface area contributed by atoms with Gasteiger partial charge in [0.1, 0.15) is 0 Å². The molecule has 1 heterocycles. The number of benzene rings is 1. The third-order valence-electron chi connectivity index (χ3n) is 5.41. The van der Waals surface area contributed by atoms with E-state index in [0.29, 0.717) is 24.9 Å². The highest BCUT2D eigenvalue weighted by Crippen LogP contribution is 2.26. The van der Waals surface area contributed by atoms with Crippen molar-refractivity contribution in [1.29, 1.82) is 0 Å². The fourth-order valence-electron chi connectivity index (χ4n) is 4.01. The molecule has 0 bridgehead atoms. The van der Waals surface area contributed by atoms with E-state index in [1.807, 2.05) is 0 Å². The fourth-order valence-corrected chi connectivity index (χ4v) is 4.01. The predicted octanol–water partition coefficient (Wildman–Crippen LogP) is 3.51. The molecule has 1 atom stereocenters. The van der Waals surface area contributed by atoms with Crippen molar-refractivity contribution in [2.75, 3.05) is 26.2 Å². The van der Waals surface area contributed by atoms with Crippen LogP contribution in [0.4, 0.5) is 0 Å². The number of nitrogens with zero attached hydrogens (tertiary/aromatic N) is 2. The molecule has 1 unspecified atom stereocenters. The van der Waals surface area contributed by atoms with Gasteiger partial charge < -0.3 is 15.5 Å². The molecule has 1 aliphatic carbocycles. The molecule has 1 amide bonds. The van der Waals surface area contributed by atoms with Crippen LogP contribution in [0.25, 0.3) is 0 Å². The van der Waals surface area contributed by atoms with Crippen molar-refractivity contribution in [2.45, 2.75) is 57.4 Å². The summed E-state index contributed by atoms with van der Waals surface area (Å²) in [6.45, 7) is 5.49. The lowest BCUT2D eigenvalue weighted by Gasteiger charge is -2.22. The van der Waals surface area contributed by atoms with Crippen molar-refractivity contribution in [1.82, 2.24) is 15.5 Å². The number of likely N-dealkylation sites (tertiary alicyclic amines) is 1. The van der Waals surface area contributed by atoms with E-state index in [1.54, 1.807) is 0 Å². The molecule has 150 valence electrons. The molecule has 1 saturated carbocycles. The van der Waals surface area contributed by atoms with Gasteiger partial charge in [0.15, 0.2) is 5.96 Å². The van der Waals surface area contributed by atoms with Gasteiger partial charge >= 0.3 is 0 Å². The van der Waals surface area contributed by atoms with E-state index in [9.17, 15) is 4.79 Å². The first-order chi connectivity index (χ1) is 12.8. The van der Waals surface area contributed by atoms with Crippen LogP contribution < -0.4 is 10.6 Å². The van der Waals surface area contributed by atoms with E-state index in [2.05, 4.69) is 52.8 Å². The van der Waals surface area contributed by atoms with Crippen molar-refractivity contribution in [3.63, 3.8) is 0 Å². The molecule has 5 nitrogen and oxygen atoms in total. The molecule has 27 heavy (non-hydrogen) atoms. The van der Waals surface area contributed by atoms with E-state index in [4.69, 9.17) is 4.99 Å². The first-order valence-electron chi connectivity index (χ1n) is 10.1. The topological polar surface area (TPSA) is 56.7 Å². The molecule has 0 aromatic heterocycles. The standard InChI is InChI=1S/C21H32N4O.HI/c1-2-22-21(23-14-12-20(26)24-19-10-6-7-11-19)25-15-13-18(16-25)17-8-4-3-5-9-17;/h3-5,8-9,18-19H,2,6-7,10-16H2,1H3,(H,22,23)(H,24,26);1H. The van der Waals surface area contributed by atoms with Crippen LogP contribution in [0, 0.1) is 0 Å². The molecule has 0 spiro atoms. The minimum absolute atomic E-state index is 0. The smallest absolute Gasteiger partial charge is 0.222 e. The monoisotopic (exact) mass is 484 g/mol. The van der Waals surface area contributed by atoms with E-state index in [-0.39, 0.29) is 29.9 Å². The van der Waals surface area contributed by atoms with Gasteiger partial charge in [0.25, 0.3) is 0 Å². The van der Waals surface area contributed by atoms with Gasteiger partial charge in [-0.3, -0.25) is 9.79 Å². The summed E-state index contributed by atoms with van der Waals surface area (Å²) < 4.78 is 0. The molecule has 6 heteroatoms. The quantitative estimate of drug-likeness (QED) is 0.369. The highest BCUT2D eigenvalue weighted by molar-refractivity contribution is 14.0. The maximum Gasteiger partial charge on any atom is 0.222 e. The predicted molar refractivity (Wildman–Crippen MR) is 122 cm³/mol. The molecular formula is C21H33IN4O. The Morgan fingerprint density at radius 2 is 1.93 bits per heavy atom. The molecule has 1 aromatic rings. The zero-order valence-electron chi connectivity index (χ0n) is 16.3. The van der Waals surface area contributed by atoms with Crippen LogP contribution in [0.2, 0.25) is 0 Å². The number of hydrogen-bond acceptors (Lipinski definition) is 2. The summed E-state index contributed by atoms with van der Waals surface area (Å²) in [6.07, 6.45) is 6.37. The summed E-state index contributed by atoms with van der Waals surface area (Å²) in [5, 5.41) is 6.53. The van der Waals surface area contributed by atoms with E-state index >= 15 is 0 Å². The number of aliphatic imine (C=N–C) groups is 1. The Morgan fingerprint density at radius 1 is 1.19 bits per heavy atom. The maximum absolute atomic E-state index is 12.1. The Hall–Kier alpha value is -1.31. The van der Waals surface area contributed by atoms with Gasteiger partial charge in [0, 0.05) is 38.0 Å². The fraction of sp³-hybridized carbons (Fsp3) is 0.619. The van der Waals surface area contributed by atoms with Gasteiger partial charge in [-0.15, -0.1) is 24.0 Å². The number of rotatable bonds is 6. The summed E-state index contributed by atoms with van der Waals surface area (Å²) in [6, 6.07) is 11.1. The van der Waals surface area contributed by atoms with Crippen LogP contribution in [-0.4, -0.2) is 49.0 Å². The van der Waals surface area contributed by atoms with Crippen LogP contribution in [0.1, 0.15) is 56.9 Å². The van der Waals surface area contributed by atoms with Gasteiger partial charge in [-0.25, -0.2) is 0 Å². The Labute approximate surface area is 180 Å². The molecule has 2 aliphatic rings. The average Bonchev–Trinajstić information content (AvgIpc) is 3.34. The Kier molecular flexibility index (Phi) is 9.38. The van der Waals surface area contributed by atoms with Gasteiger partial charge in [-0.1, -0.05) is 43.2 Å². The number of carbonyl (C=O) groups excluding carboxylic acids is 1. The number of hydrogen-bond donors (Lipinski definition) is 2. The molecule has 2 N–H and O–H groups in total. The number of halogens is 1. The van der Waals surface area contributed by atoms with Gasteiger partial charge in [-0.2, -0.15) is 0 Å². The Balaban J connectivity index is 0.00000261. The molecule has 1 saturated heterocycles. The summed E-state index contributed by atoms with van der Waals surface area (Å²) >= 11 is 0. The third kappa shape index (κ3) is 6.66. The normalized spacial score (nSPS) is 20.4. The van der Waals surface area contributed by atoms with E-state index in [0.717, 1.165) is 44.9 Å². The van der Waals surface area contributed by atoms with Gasteiger partial charge in [-0.05, 0) is 31.7 Å². The molecule has 3 rings (SSSR count). The van der Waals surface area contributed by atoms with Crippen molar-refractivity contribution in [3.05, 3.63) is 35.9 Å². The first-order valence-corrected chi connectivity index (χ1v) is 10.1. The third-order valence-corrected chi connectivity index (χ3v) is 5.41. The van der Waals surface area contributed by atoms with Crippen molar-refractivity contribution in [2.24, 2.45) is 4.99 Å². The van der Waals surface area contributed by atoms with Gasteiger partial charge in [0.2, 0.25) is 5.91 Å². The maximum atomic E-state index is 12.1. The zero-order valence-corrected chi connectivity index (χ0v) is 18.7. The number of guanidine groups is 1. The summed E-state index contributed by atoms with van der Waals surface area (Å²) in [5.74, 6) is 1.64.